The maximum atomic E-state index is 3.50. The Labute approximate surface area is 110 Å². The molecule has 1 aromatic rings. The number of hydrogen-bond donors (Lipinski definition) is 1. The number of allylic oxidation sites excluding steroid dienone is 1. The molecule has 0 heterocycles. The third kappa shape index (κ3) is 6.54. The second-order valence-electron chi connectivity index (χ2n) is 4.11. The molecule has 0 spiro atoms. The van der Waals surface area contributed by atoms with Gasteiger partial charge in [0.1, 0.15) is 0 Å². The normalized spacial score (nSPS) is 11.2. The van der Waals surface area contributed by atoms with E-state index < -0.39 is 0 Å². The summed E-state index contributed by atoms with van der Waals surface area (Å²) in [6.45, 7) is 6.42. The summed E-state index contributed by atoms with van der Waals surface area (Å²) in [5.41, 5.74) is 2.78. The molecule has 0 fully saturated rings. The topological polar surface area (TPSA) is 12.0 Å². The lowest BCUT2D eigenvalue weighted by atomic mass is 10.1. The molecule has 1 rings (SSSR count). The first-order chi connectivity index (χ1) is 8.34. The summed E-state index contributed by atoms with van der Waals surface area (Å²) in [4.78, 5) is 0. The Morgan fingerprint density at radius 1 is 1.29 bits per heavy atom. The number of rotatable bonds is 8. The van der Waals surface area contributed by atoms with E-state index in [4.69, 9.17) is 0 Å². The first-order valence-electron chi connectivity index (χ1n) is 6.36. The first kappa shape index (κ1) is 14.3. The molecule has 0 amide bonds. The van der Waals surface area contributed by atoms with E-state index in [1.54, 1.807) is 0 Å². The van der Waals surface area contributed by atoms with Gasteiger partial charge in [-0.1, -0.05) is 37.3 Å². The van der Waals surface area contributed by atoms with Crippen LogP contribution >= 0.6 is 11.8 Å². The van der Waals surface area contributed by atoms with Crippen LogP contribution < -0.4 is 5.32 Å². The van der Waals surface area contributed by atoms with E-state index in [1.165, 1.54) is 23.3 Å². The fourth-order valence-electron chi connectivity index (χ4n) is 1.54. The lowest BCUT2D eigenvalue weighted by Crippen LogP contribution is -2.15. The van der Waals surface area contributed by atoms with Crippen molar-refractivity contribution in [1.82, 2.24) is 5.32 Å². The minimum atomic E-state index is 0.988. The number of aryl methyl sites for hydroxylation is 1. The third-order valence-corrected chi connectivity index (χ3v) is 3.53. The van der Waals surface area contributed by atoms with Crippen molar-refractivity contribution in [3.05, 3.63) is 46.9 Å². The van der Waals surface area contributed by atoms with Crippen LogP contribution in [-0.4, -0.2) is 12.3 Å². The highest BCUT2D eigenvalue weighted by Gasteiger charge is 1.95. The van der Waals surface area contributed by atoms with Gasteiger partial charge in [0.05, 0.1) is 0 Å². The van der Waals surface area contributed by atoms with E-state index >= 15 is 0 Å². The van der Waals surface area contributed by atoms with Crippen LogP contribution in [0.2, 0.25) is 0 Å². The van der Waals surface area contributed by atoms with Crippen LogP contribution in [0.15, 0.2) is 35.7 Å². The Morgan fingerprint density at radius 2 is 2.12 bits per heavy atom. The summed E-state index contributed by atoms with van der Waals surface area (Å²) in [5, 5.41) is 5.71. The van der Waals surface area contributed by atoms with Gasteiger partial charge in [-0.3, -0.25) is 0 Å². The first-order valence-corrected chi connectivity index (χ1v) is 7.41. The van der Waals surface area contributed by atoms with Crippen LogP contribution in [0.5, 0.6) is 0 Å². The van der Waals surface area contributed by atoms with Gasteiger partial charge in [-0.15, -0.1) is 11.8 Å². The zero-order valence-corrected chi connectivity index (χ0v) is 11.7. The molecule has 0 aliphatic heterocycles. The molecule has 1 N–H and O–H groups in total. The highest BCUT2D eigenvalue weighted by atomic mass is 32.2. The highest BCUT2D eigenvalue weighted by molar-refractivity contribution is 8.02. The molecule has 0 unspecified atom stereocenters. The Balaban J connectivity index is 2.05. The Bertz CT molecular complexity index is 333. The molecule has 2 heteroatoms. The quantitative estimate of drug-likeness (QED) is 0.695. The molecule has 94 valence electrons. The number of benzene rings is 1. The van der Waals surface area contributed by atoms with Gasteiger partial charge in [-0.25, -0.2) is 0 Å². The molecule has 0 aliphatic rings. The average molecular weight is 249 g/mol. The molecule has 1 nitrogen and oxygen atoms in total. The Morgan fingerprint density at radius 3 is 2.88 bits per heavy atom. The molecule has 0 saturated heterocycles. The van der Waals surface area contributed by atoms with E-state index in [1.807, 2.05) is 11.8 Å². The fourth-order valence-corrected chi connectivity index (χ4v) is 2.32. The lowest BCUT2D eigenvalue weighted by Gasteiger charge is -2.06. The van der Waals surface area contributed by atoms with Crippen LogP contribution in [0.3, 0.4) is 0 Å². The largest absolute Gasteiger partial charge is 0.313 e. The van der Waals surface area contributed by atoms with Crippen molar-refractivity contribution in [2.75, 3.05) is 12.3 Å². The maximum Gasteiger partial charge on any atom is 0.0208 e. The summed E-state index contributed by atoms with van der Waals surface area (Å²) in [7, 11) is 0. The minimum Gasteiger partial charge on any atom is -0.313 e. The van der Waals surface area contributed by atoms with Gasteiger partial charge < -0.3 is 5.32 Å². The number of hydrogen-bond acceptors (Lipinski definition) is 2. The molecule has 0 aliphatic carbocycles. The maximum absolute atomic E-state index is 3.50. The van der Waals surface area contributed by atoms with Crippen molar-refractivity contribution in [1.29, 1.82) is 0 Å². The number of nitrogens with one attached hydrogen (secondary N) is 1. The SMILES string of the molecule is CC/C=C\SCCCNCc1ccccc1C. The zero-order valence-electron chi connectivity index (χ0n) is 10.9. The zero-order chi connectivity index (χ0) is 12.3. The van der Waals surface area contributed by atoms with Gasteiger partial charge in [0.15, 0.2) is 0 Å². The Kier molecular flexibility index (Phi) is 7.85. The molecule has 1 aromatic carbocycles. The molecule has 0 saturated carbocycles. The summed E-state index contributed by atoms with van der Waals surface area (Å²) in [6, 6.07) is 8.56. The minimum absolute atomic E-state index is 0.988. The van der Waals surface area contributed by atoms with Crippen molar-refractivity contribution in [2.45, 2.75) is 33.2 Å². The van der Waals surface area contributed by atoms with E-state index in [9.17, 15) is 0 Å². The second kappa shape index (κ2) is 9.32. The summed E-state index contributed by atoms with van der Waals surface area (Å²) in [5.74, 6) is 1.21. The highest BCUT2D eigenvalue weighted by Crippen LogP contribution is 2.07. The molecule has 0 atom stereocenters. The van der Waals surface area contributed by atoms with E-state index in [0.29, 0.717) is 0 Å². The van der Waals surface area contributed by atoms with E-state index in [-0.39, 0.29) is 0 Å². The monoisotopic (exact) mass is 249 g/mol. The van der Waals surface area contributed by atoms with Gasteiger partial charge in [-0.2, -0.15) is 0 Å². The van der Waals surface area contributed by atoms with Crippen LogP contribution in [0.25, 0.3) is 0 Å². The van der Waals surface area contributed by atoms with Crippen LogP contribution in [0.4, 0.5) is 0 Å². The molecular weight excluding hydrogens is 226 g/mol. The molecule has 17 heavy (non-hydrogen) atoms. The van der Waals surface area contributed by atoms with Gasteiger partial charge in [0.2, 0.25) is 0 Å². The Hall–Kier alpha value is -0.730. The van der Waals surface area contributed by atoms with Crippen molar-refractivity contribution < 1.29 is 0 Å². The van der Waals surface area contributed by atoms with Crippen molar-refractivity contribution in [3.8, 4) is 0 Å². The van der Waals surface area contributed by atoms with Crippen LogP contribution in [-0.2, 0) is 6.54 Å². The van der Waals surface area contributed by atoms with Gasteiger partial charge in [0.25, 0.3) is 0 Å². The molecule has 0 aromatic heterocycles. The molecular formula is C15H23NS. The van der Waals surface area contributed by atoms with Crippen molar-refractivity contribution in [3.63, 3.8) is 0 Å². The molecule has 0 radical (unpaired) electrons. The predicted molar refractivity (Wildman–Crippen MR) is 79.4 cm³/mol. The summed E-state index contributed by atoms with van der Waals surface area (Å²) in [6.07, 6.45) is 4.58. The van der Waals surface area contributed by atoms with Gasteiger partial charge in [0, 0.05) is 6.54 Å². The predicted octanol–water partition coefficient (Wildman–Crippen LogP) is 4.13. The van der Waals surface area contributed by atoms with Crippen molar-refractivity contribution >= 4 is 11.8 Å². The van der Waals surface area contributed by atoms with E-state index in [2.05, 4.69) is 54.9 Å². The van der Waals surface area contributed by atoms with Gasteiger partial charge >= 0.3 is 0 Å². The van der Waals surface area contributed by atoms with Crippen molar-refractivity contribution in [2.24, 2.45) is 0 Å². The smallest absolute Gasteiger partial charge is 0.0208 e. The lowest BCUT2D eigenvalue weighted by molar-refractivity contribution is 0.677. The third-order valence-electron chi connectivity index (χ3n) is 2.62. The second-order valence-corrected chi connectivity index (χ2v) is 5.12. The fraction of sp³-hybridized carbons (Fsp3) is 0.467. The summed E-state index contributed by atoms with van der Waals surface area (Å²) < 4.78 is 0. The van der Waals surface area contributed by atoms with E-state index in [0.717, 1.165) is 19.5 Å². The van der Waals surface area contributed by atoms with Crippen LogP contribution in [0.1, 0.15) is 30.9 Å². The van der Waals surface area contributed by atoms with Gasteiger partial charge in [-0.05, 0) is 48.6 Å². The average Bonchev–Trinajstić information content (AvgIpc) is 2.35. The standard InChI is InChI=1S/C15H23NS/c1-3-4-11-17-12-7-10-16-13-15-9-6-5-8-14(15)2/h4-6,8-9,11,16H,3,7,10,12-13H2,1-2H3/b11-4-. The number of thioether (sulfide) groups is 1. The molecule has 0 bridgehead atoms. The summed E-state index contributed by atoms with van der Waals surface area (Å²) >= 11 is 1.91. The van der Waals surface area contributed by atoms with Crippen LogP contribution in [0, 0.1) is 6.92 Å².